The smallest absolute Gasteiger partial charge is 0.323 e. The highest BCUT2D eigenvalue weighted by atomic mass is 16.2. The Kier molecular flexibility index (Phi) is 5.42. The van der Waals surface area contributed by atoms with Crippen LogP contribution in [0, 0.1) is 5.92 Å². The zero-order chi connectivity index (χ0) is 17.0. The summed E-state index contributed by atoms with van der Waals surface area (Å²) in [5, 5.41) is 2.87. The summed E-state index contributed by atoms with van der Waals surface area (Å²) in [6.45, 7) is 7.07. The van der Waals surface area contributed by atoms with Gasteiger partial charge in [-0.1, -0.05) is 44.2 Å². The summed E-state index contributed by atoms with van der Waals surface area (Å²) < 4.78 is 0. The van der Waals surface area contributed by atoms with Gasteiger partial charge < -0.3 is 5.32 Å². The first-order valence-corrected chi connectivity index (χ1v) is 8.18. The van der Waals surface area contributed by atoms with E-state index in [-0.39, 0.29) is 11.9 Å². The lowest BCUT2D eigenvalue weighted by molar-refractivity contribution is -0.132. The Balaban J connectivity index is 1.97. The molecule has 1 N–H and O–H groups in total. The zero-order valence-corrected chi connectivity index (χ0v) is 14.5. The summed E-state index contributed by atoms with van der Waals surface area (Å²) in [5.74, 6) is 0.384. The number of nitrogens with one attached hydrogen (secondary N) is 1. The van der Waals surface area contributed by atoms with E-state index in [1.165, 1.54) is 4.90 Å². The van der Waals surface area contributed by atoms with Crippen LogP contribution in [-0.2, 0) is 11.3 Å². The summed E-state index contributed by atoms with van der Waals surface area (Å²) in [6, 6.07) is 9.73. The van der Waals surface area contributed by atoms with Crippen LogP contribution < -0.4 is 5.32 Å². The van der Waals surface area contributed by atoms with Gasteiger partial charge in [-0.3, -0.25) is 9.69 Å². The topological polar surface area (TPSA) is 52.7 Å². The molecular formula is C18H27N3O2. The largest absolute Gasteiger partial charge is 0.326 e. The van der Waals surface area contributed by atoms with Gasteiger partial charge in [-0.05, 0) is 38.3 Å². The molecule has 1 atom stereocenters. The van der Waals surface area contributed by atoms with E-state index >= 15 is 0 Å². The maximum atomic E-state index is 12.7. The maximum Gasteiger partial charge on any atom is 0.326 e. The van der Waals surface area contributed by atoms with E-state index in [0.717, 1.165) is 12.0 Å². The SMILES string of the molecule is CC(C)CC[C@@]1(C)NC(=O)N(CN(C)Cc2ccccc2)C1=O. The minimum Gasteiger partial charge on any atom is -0.323 e. The number of amides is 3. The van der Waals surface area contributed by atoms with Crippen LogP contribution in [0.4, 0.5) is 4.79 Å². The van der Waals surface area contributed by atoms with E-state index in [1.54, 1.807) is 0 Å². The standard InChI is InChI=1S/C18H27N3O2/c1-14(2)10-11-18(3)16(22)21(17(23)19-18)13-20(4)12-15-8-6-5-7-9-15/h5-9,14H,10-13H2,1-4H3,(H,19,23)/t18-/m1/s1. The van der Waals surface area contributed by atoms with Crippen molar-refractivity contribution in [2.24, 2.45) is 5.92 Å². The molecule has 1 aromatic carbocycles. The van der Waals surface area contributed by atoms with Crippen molar-refractivity contribution in [3.63, 3.8) is 0 Å². The van der Waals surface area contributed by atoms with Gasteiger partial charge in [-0.25, -0.2) is 9.69 Å². The molecule has 1 fully saturated rings. The molecular weight excluding hydrogens is 290 g/mol. The van der Waals surface area contributed by atoms with Gasteiger partial charge in [0.25, 0.3) is 5.91 Å². The fourth-order valence-electron chi connectivity index (χ4n) is 2.81. The second kappa shape index (κ2) is 7.13. The number of carbonyl (C=O) groups excluding carboxylic acids is 2. The molecule has 3 amide bonds. The van der Waals surface area contributed by atoms with E-state index in [0.29, 0.717) is 25.6 Å². The Bertz CT molecular complexity index is 559. The van der Waals surface area contributed by atoms with Crippen molar-refractivity contribution in [3.05, 3.63) is 35.9 Å². The third-order valence-corrected chi connectivity index (χ3v) is 4.24. The molecule has 0 radical (unpaired) electrons. The molecule has 0 spiro atoms. The molecule has 0 aliphatic carbocycles. The van der Waals surface area contributed by atoms with Crippen LogP contribution in [0.1, 0.15) is 39.2 Å². The first-order chi connectivity index (χ1) is 10.8. The van der Waals surface area contributed by atoms with Crippen molar-refractivity contribution in [1.29, 1.82) is 0 Å². The highest BCUT2D eigenvalue weighted by Crippen LogP contribution is 2.24. The highest BCUT2D eigenvalue weighted by Gasteiger charge is 2.47. The van der Waals surface area contributed by atoms with Crippen molar-refractivity contribution in [1.82, 2.24) is 15.1 Å². The molecule has 0 unspecified atom stereocenters. The van der Waals surface area contributed by atoms with Crippen LogP contribution in [0.25, 0.3) is 0 Å². The third kappa shape index (κ3) is 4.32. The van der Waals surface area contributed by atoms with Gasteiger partial charge in [0.05, 0.1) is 6.67 Å². The second-order valence-electron chi connectivity index (χ2n) is 7.07. The number of urea groups is 1. The Morgan fingerprint density at radius 3 is 2.48 bits per heavy atom. The summed E-state index contributed by atoms with van der Waals surface area (Å²) in [4.78, 5) is 28.2. The minimum absolute atomic E-state index is 0.122. The van der Waals surface area contributed by atoms with Gasteiger partial charge in [-0.2, -0.15) is 0 Å². The summed E-state index contributed by atoms with van der Waals surface area (Å²) in [6.07, 6.45) is 1.59. The van der Waals surface area contributed by atoms with Gasteiger partial charge in [0.1, 0.15) is 5.54 Å². The van der Waals surface area contributed by atoms with Crippen molar-refractivity contribution in [2.45, 2.75) is 45.7 Å². The Morgan fingerprint density at radius 2 is 1.87 bits per heavy atom. The first kappa shape index (κ1) is 17.5. The average Bonchev–Trinajstić information content (AvgIpc) is 2.70. The van der Waals surface area contributed by atoms with Gasteiger partial charge in [0.2, 0.25) is 0 Å². The average molecular weight is 317 g/mol. The predicted molar refractivity (Wildman–Crippen MR) is 90.6 cm³/mol. The van der Waals surface area contributed by atoms with Crippen molar-refractivity contribution in [2.75, 3.05) is 13.7 Å². The third-order valence-electron chi connectivity index (χ3n) is 4.24. The molecule has 1 aromatic rings. The summed E-state index contributed by atoms with van der Waals surface area (Å²) in [5.41, 5.74) is 0.388. The number of hydrogen-bond acceptors (Lipinski definition) is 3. The van der Waals surface area contributed by atoms with E-state index < -0.39 is 5.54 Å². The van der Waals surface area contributed by atoms with Gasteiger partial charge in [-0.15, -0.1) is 0 Å². The number of nitrogens with zero attached hydrogens (tertiary/aromatic N) is 2. The molecule has 2 rings (SSSR count). The monoisotopic (exact) mass is 317 g/mol. The lowest BCUT2D eigenvalue weighted by Gasteiger charge is -2.25. The predicted octanol–water partition coefficient (Wildman–Crippen LogP) is 2.82. The number of imide groups is 1. The lowest BCUT2D eigenvalue weighted by atomic mass is 9.92. The molecule has 5 nitrogen and oxygen atoms in total. The quantitative estimate of drug-likeness (QED) is 0.787. The molecule has 1 heterocycles. The molecule has 23 heavy (non-hydrogen) atoms. The zero-order valence-electron chi connectivity index (χ0n) is 14.5. The van der Waals surface area contributed by atoms with Crippen molar-refractivity contribution < 1.29 is 9.59 Å². The fraction of sp³-hybridized carbons (Fsp3) is 0.556. The molecule has 0 saturated carbocycles. The Labute approximate surface area is 138 Å². The number of benzene rings is 1. The molecule has 5 heteroatoms. The fourth-order valence-corrected chi connectivity index (χ4v) is 2.81. The van der Waals surface area contributed by atoms with Crippen LogP contribution in [0.3, 0.4) is 0 Å². The van der Waals surface area contributed by atoms with E-state index in [2.05, 4.69) is 19.2 Å². The van der Waals surface area contributed by atoms with E-state index in [4.69, 9.17) is 0 Å². The molecule has 1 saturated heterocycles. The highest BCUT2D eigenvalue weighted by molar-refractivity contribution is 6.06. The molecule has 1 aliphatic heterocycles. The van der Waals surface area contributed by atoms with Gasteiger partial charge >= 0.3 is 6.03 Å². The summed E-state index contributed by atoms with van der Waals surface area (Å²) in [7, 11) is 1.91. The molecule has 1 aliphatic rings. The van der Waals surface area contributed by atoms with Gasteiger partial charge in [0, 0.05) is 6.54 Å². The number of carbonyl (C=O) groups is 2. The van der Waals surface area contributed by atoms with Crippen LogP contribution >= 0.6 is 0 Å². The normalized spacial score (nSPS) is 21.4. The van der Waals surface area contributed by atoms with E-state index in [1.807, 2.05) is 49.2 Å². The van der Waals surface area contributed by atoms with Crippen LogP contribution in [-0.4, -0.2) is 41.0 Å². The second-order valence-corrected chi connectivity index (χ2v) is 7.07. The minimum atomic E-state index is -0.769. The maximum absolute atomic E-state index is 12.7. The molecule has 0 aromatic heterocycles. The molecule has 126 valence electrons. The number of hydrogen-bond donors (Lipinski definition) is 1. The van der Waals surface area contributed by atoms with Gasteiger partial charge in [0.15, 0.2) is 0 Å². The van der Waals surface area contributed by atoms with E-state index in [9.17, 15) is 9.59 Å². The van der Waals surface area contributed by atoms with Crippen molar-refractivity contribution in [3.8, 4) is 0 Å². The summed E-state index contributed by atoms with van der Waals surface area (Å²) >= 11 is 0. The number of rotatable bonds is 7. The van der Waals surface area contributed by atoms with Crippen molar-refractivity contribution >= 4 is 11.9 Å². The van der Waals surface area contributed by atoms with Crippen LogP contribution in [0.2, 0.25) is 0 Å². The molecule has 0 bridgehead atoms. The first-order valence-electron chi connectivity index (χ1n) is 8.18. The van der Waals surface area contributed by atoms with Crippen LogP contribution in [0.5, 0.6) is 0 Å². The Morgan fingerprint density at radius 1 is 1.22 bits per heavy atom. The van der Waals surface area contributed by atoms with Crippen LogP contribution in [0.15, 0.2) is 30.3 Å². The Hall–Kier alpha value is -1.88. The lowest BCUT2D eigenvalue weighted by Crippen LogP contribution is -2.45.